The molecule has 11 heteroatoms. The number of carbonyl (C=O) groups excluding carboxylic acids is 3. The van der Waals surface area contributed by atoms with Crippen LogP contribution in [0.25, 0.3) is 11.1 Å². The van der Waals surface area contributed by atoms with Crippen LogP contribution in [0.15, 0.2) is 53.9 Å². The van der Waals surface area contributed by atoms with Crippen molar-refractivity contribution in [3.63, 3.8) is 0 Å². The highest BCUT2D eigenvalue weighted by Crippen LogP contribution is 2.37. The lowest BCUT2D eigenvalue weighted by Gasteiger charge is -2.25. The van der Waals surface area contributed by atoms with Gasteiger partial charge in [-0.25, -0.2) is 8.78 Å². The number of nitrogens with zero attached hydrogens (tertiary/aromatic N) is 1. The van der Waals surface area contributed by atoms with E-state index in [-0.39, 0.29) is 5.84 Å². The van der Waals surface area contributed by atoms with E-state index in [2.05, 4.69) is 10.6 Å². The Bertz CT molecular complexity index is 1510. The molecule has 3 atom stereocenters. The number of amidine groups is 1. The predicted octanol–water partition coefficient (Wildman–Crippen LogP) is 3.49. The molecule has 3 aromatic rings. The Kier molecular flexibility index (Phi) is 7.41. The fraction of sp³-hybridized carbons (Fsp3) is 0.310. The first-order chi connectivity index (χ1) is 19.1. The summed E-state index contributed by atoms with van der Waals surface area (Å²) in [6.07, 6.45) is 0.294. The molecule has 8 nitrogen and oxygen atoms in total. The lowest BCUT2D eigenvalue weighted by Crippen LogP contribution is -2.49. The average molecular weight is 566 g/mol. The molecule has 1 aromatic heterocycles. The molecule has 2 heterocycles. The number of benzene rings is 2. The van der Waals surface area contributed by atoms with Crippen LogP contribution in [0, 0.1) is 5.41 Å². The number of nitrogens with two attached hydrogens (primary N) is 1. The van der Waals surface area contributed by atoms with Gasteiger partial charge in [0.2, 0.25) is 11.8 Å². The molecular weight excluding hydrogens is 536 g/mol. The lowest BCUT2D eigenvalue weighted by molar-refractivity contribution is -0.138. The summed E-state index contributed by atoms with van der Waals surface area (Å²) in [5.74, 6) is -1.90. The Morgan fingerprint density at radius 3 is 2.62 bits per heavy atom. The van der Waals surface area contributed by atoms with Crippen LogP contribution in [0.1, 0.15) is 51.3 Å². The normalized spacial score (nSPS) is 20.0. The maximum absolute atomic E-state index is 15.1. The largest absolute Gasteiger partial charge is 0.384 e. The van der Waals surface area contributed by atoms with E-state index in [1.807, 2.05) is 30.3 Å². The number of hydrogen-bond acceptors (Lipinski definition) is 5. The summed E-state index contributed by atoms with van der Waals surface area (Å²) in [4.78, 5) is 40.8. The summed E-state index contributed by atoms with van der Waals surface area (Å²) >= 11 is 1.30. The number of fused-ring (bicyclic) bond motifs is 3. The van der Waals surface area contributed by atoms with Gasteiger partial charge in [-0.2, -0.15) is 0 Å². The second-order valence-electron chi connectivity index (χ2n) is 10.3. The maximum Gasteiger partial charge on any atom is 0.251 e. The van der Waals surface area contributed by atoms with Crippen molar-refractivity contribution in [1.82, 2.24) is 15.5 Å². The molecule has 0 radical (unpaired) electrons. The minimum Gasteiger partial charge on any atom is -0.384 e. The zero-order valence-electron chi connectivity index (χ0n) is 21.8. The van der Waals surface area contributed by atoms with Gasteiger partial charge < -0.3 is 21.3 Å². The Hall–Kier alpha value is -4.12. The van der Waals surface area contributed by atoms with Crippen molar-refractivity contribution in [3.05, 3.63) is 81.0 Å². The van der Waals surface area contributed by atoms with Gasteiger partial charge in [-0.05, 0) is 53.8 Å². The van der Waals surface area contributed by atoms with Crippen molar-refractivity contribution >= 4 is 34.9 Å². The van der Waals surface area contributed by atoms with E-state index in [1.165, 1.54) is 16.9 Å². The molecule has 1 saturated heterocycles. The SMILES string of the molecule is C[C@@H](NC(=O)[C@@H]1C[C@](F)(CF)CN1C(=O)CNC(=O)c1ccc2c(c1)-c1ccccc1C2)c1cc(C(=N)N)cs1. The number of nitrogen functional groups attached to an aromatic ring is 1. The summed E-state index contributed by atoms with van der Waals surface area (Å²) < 4.78 is 28.6. The van der Waals surface area contributed by atoms with Crippen LogP contribution in [0.5, 0.6) is 0 Å². The minimum absolute atomic E-state index is 0.106. The number of nitrogens with one attached hydrogen (secondary N) is 3. The van der Waals surface area contributed by atoms with Crippen LogP contribution in [-0.2, 0) is 16.0 Å². The van der Waals surface area contributed by atoms with E-state index in [9.17, 15) is 18.8 Å². The number of thiophene rings is 1. The molecule has 2 aliphatic rings. The van der Waals surface area contributed by atoms with Gasteiger partial charge in [0.1, 0.15) is 18.6 Å². The van der Waals surface area contributed by atoms with Gasteiger partial charge in [0, 0.05) is 27.8 Å². The van der Waals surface area contributed by atoms with Gasteiger partial charge in [-0.1, -0.05) is 30.3 Å². The van der Waals surface area contributed by atoms with Gasteiger partial charge >= 0.3 is 0 Å². The van der Waals surface area contributed by atoms with Gasteiger partial charge in [0.25, 0.3) is 5.91 Å². The van der Waals surface area contributed by atoms with Gasteiger partial charge in [0.15, 0.2) is 5.67 Å². The molecule has 40 heavy (non-hydrogen) atoms. The molecule has 2 aromatic carbocycles. The van der Waals surface area contributed by atoms with Crippen LogP contribution < -0.4 is 16.4 Å². The highest BCUT2D eigenvalue weighted by molar-refractivity contribution is 7.10. The number of amides is 3. The molecule has 0 unspecified atom stereocenters. The Morgan fingerprint density at radius 1 is 1.15 bits per heavy atom. The molecule has 1 aliphatic carbocycles. The van der Waals surface area contributed by atoms with Crippen molar-refractivity contribution in [2.75, 3.05) is 19.8 Å². The van der Waals surface area contributed by atoms with Crippen molar-refractivity contribution in [2.24, 2.45) is 5.73 Å². The molecule has 0 saturated carbocycles. The lowest BCUT2D eigenvalue weighted by atomic mass is 10.0. The monoisotopic (exact) mass is 565 g/mol. The molecule has 5 rings (SSSR count). The summed E-state index contributed by atoms with van der Waals surface area (Å²) in [5.41, 5.74) is 8.35. The van der Waals surface area contributed by atoms with E-state index in [0.29, 0.717) is 11.1 Å². The first-order valence-corrected chi connectivity index (χ1v) is 13.7. The Morgan fingerprint density at radius 2 is 1.90 bits per heavy atom. The van der Waals surface area contributed by atoms with Gasteiger partial charge in [0.05, 0.1) is 19.1 Å². The van der Waals surface area contributed by atoms with E-state index in [4.69, 9.17) is 11.1 Å². The number of rotatable bonds is 8. The van der Waals surface area contributed by atoms with Gasteiger partial charge in [-0.15, -0.1) is 11.3 Å². The second kappa shape index (κ2) is 10.8. The maximum atomic E-state index is 15.1. The number of halogens is 2. The smallest absolute Gasteiger partial charge is 0.251 e. The van der Waals surface area contributed by atoms with Gasteiger partial charge in [-0.3, -0.25) is 19.8 Å². The zero-order valence-corrected chi connectivity index (χ0v) is 22.6. The van der Waals surface area contributed by atoms with Crippen LogP contribution in [0.3, 0.4) is 0 Å². The molecule has 3 amide bonds. The molecular formula is C29H29F2N5O3S. The van der Waals surface area contributed by atoms with Crippen molar-refractivity contribution in [2.45, 2.75) is 37.5 Å². The van der Waals surface area contributed by atoms with Crippen molar-refractivity contribution < 1.29 is 23.2 Å². The summed E-state index contributed by atoms with van der Waals surface area (Å²) in [5, 5.41) is 14.5. The third-order valence-corrected chi connectivity index (χ3v) is 8.54. The highest BCUT2D eigenvalue weighted by Gasteiger charge is 2.49. The molecule has 0 bridgehead atoms. The summed E-state index contributed by atoms with van der Waals surface area (Å²) in [6, 6.07) is 13.2. The standard InChI is InChI=1S/C29H29F2N5O3S/c1-16(24-10-20(13-40-24)26(32)33)35-28(39)23-11-29(31,14-30)15-36(23)25(37)12-34-27(38)19-7-6-18-8-17-4-2-3-5-21(17)22(18)9-19/h2-7,9-10,13,16,23H,8,11-12,14-15H2,1H3,(H3,32,33)(H,34,38)(H,35,39)/t16-,23+,29+/m1/s1. The number of carbonyl (C=O) groups is 3. The third-order valence-electron chi connectivity index (χ3n) is 7.43. The molecule has 1 aliphatic heterocycles. The van der Waals surface area contributed by atoms with Crippen LogP contribution >= 0.6 is 11.3 Å². The van der Waals surface area contributed by atoms with E-state index in [0.717, 1.165) is 32.9 Å². The first kappa shape index (κ1) is 27.4. The van der Waals surface area contributed by atoms with Crippen molar-refractivity contribution in [3.8, 4) is 11.1 Å². The molecule has 0 spiro atoms. The van der Waals surface area contributed by atoms with Crippen LogP contribution in [-0.4, -0.2) is 59.9 Å². The molecule has 208 valence electrons. The number of likely N-dealkylation sites (tertiary alicyclic amines) is 1. The van der Waals surface area contributed by atoms with Crippen LogP contribution in [0.4, 0.5) is 8.78 Å². The average Bonchev–Trinajstić information content (AvgIpc) is 3.67. The second-order valence-corrected chi connectivity index (χ2v) is 11.2. The third kappa shape index (κ3) is 5.33. The molecule has 1 fully saturated rings. The minimum atomic E-state index is -2.36. The van der Waals surface area contributed by atoms with Crippen LogP contribution in [0.2, 0.25) is 0 Å². The fourth-order valence-corrected chi connectivity index (χ4v) is 6.17. The fourth-order valence-electron chi connectivity index (χ4n) is 5.26. The predicted molar refractivity (Wildman–Crippen MR) is 149 cm³/mol. The topological polar surface area (TPSA) is 128 Å². The van der Waals surface area contributed by atoms with E-state index in [1.54, 1.807) is 30.5 Å². The Balaban J connectivity index is 1.25. The summed E-state index contributed by atoms with van der Waals surface area (Å²) in [6.45, 7) is -0.692. The first-order valence-electron chi connectivity index (χ1n) is 12.9. The van der Waals surface area contributed by atoms with E-state index >= 15 is 4.39 Å². The number of hydrogen-bond donors (Lipinski definition) is 4. The quantitative estimate of drug-likeness (QED) is 0.193. The van der Waals surface area contributed by atoms with Crippen molar-refractivity contribution in [1.29, 1.82) is 5.41 Å². The Labute approximate surface area is 234 Å². The highest BCUT2D eigenvalue weighted by atomic mass is 32.1. The summed E-state index contributed by atoms with van der Waals surface area (Å²) in [7, 11) is 0. The van der Waals surface area contributed by atoms with E-state index < -0.39 is 61.7 Å². The zero-order chi connectivity index (χ0) is 28.6. The molecule has 5 N–H and O–H groups in total. The number of alkyl halides is 2.